The number of ether oxygens (including phenoxy) is 1. The van der Waals surface area contributed by atoms with Crippen LogP contribution in [0.25, 0.3) is 0 Å². The van der Waals surface area contributed by atoms with Crippen LogP contribution < -0.4 is 5.32 Å². The average Bonchev–Trinajstić information content (AvgIpc) is 2.38. The summed E-state index contributed by atoms with van der Waals surface area (Å²) < 4.78 is 4.96. The van der Waals surface area contributed by atoms with Crippen LogP contribution in [0.2, 0.25) is 0 Å². The Kier molecular flexibility index (Phi) is 5.26. The molecular weight excluding hydrogens is 236 g/mol. The van der Waals surface area contributed by atoms with Gasteiger partial charge in [-0.05, 0) is 18.6 Å². The minimum Gasteiger partial charge on any atom is -0.477 e. The molecule has 0 saturated carbocycles. The molecule has 0 bridgehead atoms. The number of carboxylic acids is 1. The van der Waals surface area contributed by atoms with E-state index in [2.05, 4.69) is 10.3 Å². The second kappa shape index (κ2) is 6.70. The Balaban J connectivity index is 2.77. The Morgan fingerprint density at radius 3 is 2.67 bits per heavy atom. The number of rotatable bonds is 6. The van der Waals surface area contributed by atoms with Gasteiger partial charge < -0.3 is 15.2 Å². The number of aromatic carboxylic acids is 1. The highest BCUT2D eigenvalue weighted by Gasteiger charge is 2.14. The lowest BCUT2D eigenvalue weighted by Gasteiger charge is -2.15. The maximum atomic E-state index is 11.8. The second-order valence-corrected chi connectivity index (χ2v) is 3.75. The molecule has 6 nitrogen and oxygen atoms in total. The van der Waals surface area contributed by atoms with Gasteiger partial charge in [-0.3, -0.25) is 4.79 Å². The summed E-state index contributed by atoms with van der Waals surface area (Å²) in [5.74, 6) is -1.56. The van der Waals surface area contributed by atoms with Crippen molar-refractivity contribution in [3.63, 3.8) is 0 Å². The SMILES string of the molecule is CCC(COC)NC(=O)c1cccc(C(=O)O)n1. The first-order valence-electron chi connectivity index (χ1n) is 5.58. The number of amides is 1. The highest BCUT2D eigenvalue weighted by Crippen LogP contribution is 2.01. The molecule has 18 heavy (non-hydrogen) atoms. The summed E-state index contributed by atoms with van der Waals surface area (Å²) in [5, 5.41) is 11.5. The summed E-state index contributed by atoms with van der Waals surface area (Å²) in [4.78, 5) is 26.4. The fraction of sp³-hybridized carbons (Fsp3) is 0.417. The van der Waals surface area contributed by atoms with Gasteiger partial charge in [0.1, 0.15) is 11.4 Å². The zero-order chi connectivity index (χ0) is 13.5. The molecule has 0 radical (unpaired) electrons. The first kappa shape index (κ1) is 14.1. The average molecular weight is 252 g/mol. The van der Waals surface area contributed by atoms with Crippen molar-refractivity contribution in [1.82, 2.24) is 10.3 Å². The fourth-order valence-electron chi connectivity index (χ4n) is 1.40. The van der Waals surface area contributed by atoms with E-state index in [1.54, 1.807) is 7.11 Å². The van der Waals surface area contributed by atoms with Crippen LogP contribution in [0.3, 0.4) is 0 Å². The molecule has 6 heteroatoms. The van der Waals surface area contributed by atoms with Crippen molar-refractivity contribution in [2.24, 2.45) is 0 Å². The lowest BCUT2D eigenvalue weighted by molar-refractivity contribution is 0.0690. The van der Waals surface area contributed by atoms with E-state index in [1.807, 2.05) is 6.92 Å². The number of nitrogens with one attached hydrogen (secondary N) is 1. The monoisotopic (exact) mass is 252 g/mol. The normalized spacial score (nSPS) is 11.9. The molecule has 1 heterocycles. The zero-order valence-electron chi connectivity index (χ0n) is 10.3. The van der Waals surface area contributed by atoms with Crippen molar-refractivity contribution in [3.8, 4) is 0 Å². The number of hydrogen-bond acceptors (Lipinski definition) is 4. The lowest BCUT2D eigenvalue weighted by atomic mass is 10.2. The van der Waals surface area contributed by atoms with E-state index in [-0.39, 0.29) is 17.4 Å². The molecule has 0 saturated heterocycles. The van der Waals surface area contributed by atoms with Crippen molar-refractivity contribution in [2.75, 3.05) is 13.7 Å². The molecular formula is C12H16N2O4. The number of nitrogens with zero attached hydrogens (tertiary/aromatic N) is 1. The molecule has 0 aliphatic rings. The molecule has 1 unspecified atom stereocenters. The molecule has 1 atom stereocenters. The fourth-order valence-corrected chi connectivity index (χ4v) is 1.40. The Hall–Kier alpha value is -1.95. The summed E-state index contributed by atoms with van der Waals surface area (Å²) in [6.45, 7) is 2.33. The van der Waals surface area contributed by atoms with Gasteiger partial charge in [-0.1, -0.05) is 13.0 Å². The van der Waals surface area contributed by atoms with Crippen LogP contribution in [0, 0.1) is 0 Å². The molecule has 2 N–H and O–H groups in total. The zero-order valence-corrected chi connectivity index (χ0v) is 10.3. The van der Waals surface area contributed by atoms with E-state index in [0.29, 0.717) is 6.61 Å². The standard InChI is InChI=1S/C12H16N2O4/c1-3-8(7-18-2)13-11(15)9-5-4-6-10(14-9)12(16)17/h4-6,8H,3,7H2,1-2H3,(H,13,15)(H,16,17). The first-order chi connectivity index (χ1) is 8.58. The molecule has 0 spiro atoms. The third-order valence-corrected chi connectivity index (χ3v) is 2.40. The summed E-state index contributed by atoms with van der Waals surface area (Å²) >= 11 is 0. The predicted octanol–water partition coefficient (Wildman–Crippen LogP) is 0.935. The summed E-state index contributed by atoms with van der Waals surface area (Å²) in [6, 6.07) is 4.19. The molecule has 1 amide bonds. The van der Waals surface area contributed by atoms with E-state index < -0.39 is 11.9 Å². The van der Waals surface area contributed by atoms with E-state index in [9.17, 15) is 9.59 Å². The van der Waals surface area contributed by atoms with Crippen LogP contribution in [0.4, 0.5) is 0 Å². The number of aromatic nitrogens is 1. The number of hydrogen-bond donors (Lipinski definition) is 2. The van der Waals surface area contributed by atoms with Crippen molar-refractivity contribution in [3.05, 3.63) is 29.6 Å². The number of carboxylic acid groups (broad SMARTS) is 1. The Labute approximate surface area is 105 Å². The van der Waals surface area contributed by atoms with Gasteiger partial charge in [0.15, 0.2) is 0 Å². The van der Waals surface area contributed by atoms with Gasteiger partial charge in [0.25, 0.3) is 5.91 Å². The van der Waals surface area contributed by atoms with Crippen LogP contribution in [0.5, 0.6) is 0 Å². The van der Waals surface area contributed by atoms with Gasteiger partial charge in [0.2, 0.25) is 0 Å². The Bertz CT molecular complexity index is 434. The molecule has 1 rings (SSSR count). The van der Waals surface area contributed by atoms with Gasteiger partial charge in [-0.15, -0.1) is 0 Å². The van der Waals surface area contributed by atoms with Crippen LogP contribution in [-0.4, -0.2) is 41.7 Å². The highest BCUT2D eigenvalue weighted by atomic mass is 16.5. The Morgan fingerprint density at radius 1 is 1.44 bits per heavy atom. The van der Waals surface area contributed by atoms with Gasteiger partial charge in [0, 0.05) is 7.11 Å². The van der Waals surface area contributed by atoms with Gasteiger partial charge >= 0.3 is 5.97 Å². The van der Waals surface area contributed by atoms with Crippen molar-refractivity contribution < 1.29 is 19.4 Å². The van der Waals surface area contributed by atoms with E-state index in [4.69, 9.17) is 9.84 Å². The van der Waals surface area contributed by atoms with Crippen molar-refractivity contribution >= 4 is 11.9 Å². The minimum atomic E-state index is -1.16. The topological polar surface area (TPSA) is 88.5 Å². The van der Waals surface area contributed by atoms with Crippen LogP contribution in [0.15, 0.2) is 18.2 Å². The summed E-state index contributed by atoms with van der Waals surface area (Å²) in [6.07, 6.45) is 0.720. The number of carbonyl (C=O) groups is 2. The van der Waals surface area contributed by atoms with Crippen LogP contribution in [0.1, 0.15) is 34.3 Å². The van der Waals surface area contributed by atoms with Crippen LogP contribution >= 0.6 is 0 Å². The molecule has 0 aromatic carbocycles. The van der Waals surface area contributed by atoms with Crippen molar-refractivity contribution in [1.29, 1.82) is 0 Å². The number of methoxy groups -OCH3 is 1. The van der Waals surface area contributed by atoms with Gasteiger partial charge in [0.05, 0.1) is 12.6 Å². The highest BCUT2D eigenvalue weighted by molar-refractivity contribution is 5.94. The predicted molar refractivity (Wildman–Crippen MR) is 64.6 cm³/mol. The van der Waals surface area contributed by atoms with Gasteiger partial charge in [-0.2, -0.15) is 0 Å². The molecule has 1 aromatic heterocycles. The minimum absolute atomic E-state index is 0.0875. The number of carbonyl (C=O) groups excluding carboxylic acids is 1. The summed E-state index contributed by atoms with van der Waals surface area (Å²) in [5.41, 5.74) is -0.0631. The van der Waals surface area contributed by atoms with E-state index in [1.165, 1.54) is 18.2 Å². The molecule has 0 aliphatic carbocycles. The van der Waals surface area contributed by atoms with Crippen molar-refractivity contribution in [2.45, 2.75) is 19.4 Å². The second-order valence-electron chi connectivity index (χ2n) is 3.75. The molecule has 0 aliphatic heterocycles. The van der Waals surface area contributed by atoms with E-state index in [0.717, 1.165) is 6.42 Å². The van der Waals surface area contributed by atoms with Crippen LogP contribution in [-0.2, 0) is 4.74 Å². The molecule has 1 aromatic rings. The maximum Gasteiger partial charge on any atom is 0.354 e. The Morgan fingerprint density at radius 2 is 2.11 bits per heavy atom. The lowest BCUT2D eigenvalue weighted by Crippen LogP contribution is -2.38. The maximum absolute atomic E-state index is 11.8. The quantitative estimate of drug-likeness (QED) is 0.786. The largest absolute Gasteiger partial charge is 0.477 e. The third kappa shape index (κ3) is 3.81. The van der Waals surface area contributed by atoms with E-state index >= 15 is 0 Å². The number of pyridine rings is 1. The first-order valence-corrected chi connectivity index (χ1v) is 5.58. The molecule has 0 fully saturated rings. The van der Waals surface area contributed by atoms with Gasteiger partial charge in [-0.25, -0.2) is 9.78 Å². The third-order valence-electron chi connectivity index (χ3n) is 2.40. The molecule has 98 valence electrons. The summed E-state index contributed by atoms with van der Waals surface area (Å²) in [7, 11) is 1.55. The smallest absolute Gasteiger partial charge is 0.354 e.